The molecule has 1 aromatic carbocycles. The van der Waals surface area contributed by atoms with Crippen LogP contribution in [0.5, 0.6) is 5.75 Å². The topological polar surface area (TPSA) is 110 Å². The first-order chi connectivity index (χ1) is 11.6. The molecule has 0 saturated carbocycles. The first kappa shape index (κ1) is 26.8. The number of aliphatic hydroxyl groups excluding tert-OH is 4. The largest absolute Gasteiger partial charge is 0.505 e. The van der Waals surface area contributed by atoms with E-state index in [2.05, 4.69) is 17.9 Å². The van der Waals surface area contributed by atoms with Crippen LogP contribution in [0.2, 0.25) is 25.1 Å². The van der Waals surface area contributed by atoms with Crippen LogP contribution in [0.25, 0.3) is 0 Å². The molecule has 144 valence electrons. The van der Waals surface area contributed by atoms with Gasteiger partial charge < -0.3 is 30.3 Å². The highest BCUT2D eigenvalue weighted by Crippen LogP contribution is 2.47. The Balaban J connectivity index is 0. The third-order valence-electron chi connectivity index (χ3n) is 2.20. The average molecular weight is 459 g/mol. The molecule has 1 aromatic rings. The molecule has 2 atom stereocenters. The van der Waals surface area contributed by atoms with Crippen LogP contribution in [0.1, 0.15) is 0 Å². The van der Waals surface area contributed by atoms with E-state index in [4.69, 9.17) is 78.4 Å². The SMILES string of the molecule is C=COC=C.OCC(O)C(O)CO.Oc1c(Cl)c(Cl)c(Cl)c(Cl)c1Cl. The lowest BCUT2D eigenvalue weighted by Gasteiger charge is -2.10. The Morgan fingerprint density at radius 2 is 1.04 bits per heavy atom. The van der Waals surface area contributed by atoms with E-state index in [9.17, 15) is 5.11 Å². The monoisotopic (exact) mass is 456 g/mol. The van der Waals surface area contributed by atoms with Gasteiger partial charge in [0.25, 0.3) is 0 Å². The van der Waals surface area contributed by atoms with Gasteiger partial charge in [0.2, 0.25) is 0 Å². The molecule has 0 aliphatic carbocycles. The van der Waals surface area contributed by atoms with Crippen molar-refractivity contribution in [1.82, 2.24) is 0 Å². The molecule has 1 rings (SSSR count). The second-order valence-electron chi connectivity index (χ2n) is 3.89. The van der Waals surface area contributed by atoms with Gasteiger partial charge in [0.15, 0.2) is 5.75 Å². The number of aliphatic hydroxyl groups is 4. The number of rotatable bonds is 5. The highest BCUT2D eigenvalue weighted by atomic mass is 35.5. The maximum Gasteiger partial charge on any atom is 0.155 e. The van der Waals surface area contributed by atoms with Crippen molar-refractivity contribution in [3.05, 3.63) is 50.8 Å². The second-order valence-corrected chi connectivity index (χ2v) is 5.78. The predicted molar refractivity (Wildman–Crippen MR) is 101 cm³/mol. The summed E-state index contributed by atoms with van der Waals surface area (Å²) in [5.74, 6) is -0.363. The molecule has 0 bridgehead atoms. The van der Waals surface area contributed by atoms with Crippen LogP contribution in [0, 0.1) is 0 Å². The Morgan fingerprint density at radius 3 is 1.24 bits per heavy atom. The maximum atomic E-state index is 9.20. The van der Waals surface area contributed by atoms with E-state index in [0.717, 1.165) is 0 Å². The molecular weight excluding hydrogens is 441 g/mol. The minimum Gasteiger partial charge on any atom is -0.505 e. The van der Waals surface area contributed by atoms with Crippen molar-refractivity contribution in [1.29, 1.82) is 0 Å². The molecule has 5 N–H and O–H groups in total. The van der Waals surface area contributed by atoms with Gasteiger partial charge in [-0.05, 0) is 0 Å². The van der Waals surface area contributed by atoms with Crippen molar-refractivity contribution < 1.29 is 30.3 Å². The molecule has 0 spiro atoms. The van der Waals surface area contributed by atoms with Crippen LogP contribution < -0.4 is 0 Å². The lowest BCUT2D eigenvalue weighted by molar-refractivity contribution is -0.0388. The quantitative estimate of drug-likeness (QED) is 0.262. The van der Waals surface area contributed by atoms with Crippen molar-refractivity contribution in [2.75, 3.05) is 13.2 Å². The molecule has 0 aliphatic heterocycles. The lowest BCUT2D eigenvalue weighted by atomic mass is 10.2. The molecule has 2 unspecified atom stereocenters. The van der Waals surface area contributed by atoms with Crippen LogP contribution in [-0.2, 0) is 4.74 Å². The molecular formula is C14H17Cl5O6. The summed E-state index contributed by atoms with van der Waals surface area (Å²) in [5, 5.41) is 42.2. The minimum atomic E-state index is -1.22. The summed E-state index contributed by atoms with van der Waals surface area (Å²) in [6.45, 7) is 5.46. The molecule has 6 nitrogen and oxygen atoms in total. The maximum absolute atomic E-state index is 9.20. The van der Waals surface area contributed by atoms with E-state index in [0.29, 0.717) is 0 Å². The number of aromatic hydroxyl groups is 1. The van der Waals surface area contributed by atoms with Crippen molar-refractivity contribution in [2.24, 2.45) is 0 Å². The third-order valence-corrected chi connectivity index (χ3v) is 4.45. The Kier molecular flexibility index (Phi) is 15.8. The number of hydrogen-bond acceptors (Lipinski definition) is 6. The molecule has 0 fully saturated rings. The number of phenols is 1. The molecule has 0 amide bonds. The van der Waals surface area contributed by atoms with Gasteiger partial charge in [-0.2, -0.15) is 0 Å². The summed E-state index contributed by atoms with van der Waals surface area (Å²) >= 11 is 27.9. The Labute approximate surface area is 170 Å². The highest BCUT2D eigenvalue weighted by molar-refractivity contribution is 6.55. The second kappa shape index (κ2) is 14.7. The van der Waals surface area contributed by atoms with Gasteiger partial charge in [-0.15, -0.1) is 0 Å². The summed E-state index contributed by atoms with van der Waals surface area (Å²) in [7, 11) is 0. The molecule has 0 heterocycles. The van der Waals surface area contributed by atoms with Gasteiger partial charge >= 0.3 is 0 Å². The number of benzene rings is 1. The molecule has 25 heavy (non-hydrogen) atoms. The fraction of sp³-hybridized carbons (Fsp3) is 0.286. The normalized spacial score (nSPS) is 11.9. The van der Waals surface area contributed by atoms with E-state index in [1.807, 2.05) is 0 Å². The van der Waals surface area contributed by atoms with Gasteiger partial charge in [-0.3, -0.25) is 0 Å². The van der Waals surface area contributed by atoms with E-state index in [1.165, 1.54) is 12.5 Å². The van der Waals surface area contributed by atoms with Gasteiger partial charge in [0, 0.05) is 0 Å². The van der Waals surface area contributed by atoms with Crippen molar-refractivity contribution in [2.45, 2.75) is 12.2 Å². The molecule has 0 aliphatic rings. The number of hydrogen-bond donors (Lipinski definition) is 5. The smallest absolute Gasteiger partial charge is 0.155 e. The van der Waals surface area contributed by atoms with Crippen molar-refractivity contribution in [3.8, 4) is 5.75 Å². The summed E-state index contributed by atoms with van der Waals surface area (Å²) in [6, 6.07) is 0. The number of phenolic OH excluding ortho intramolecular Hbond substituents is 1. The first-order valence-electron chi connectivity index (χ1n) is 6.26. The number of ether oxygens (including phenoxy) is 1. The standard InChI is InChI=1S/C6HCl5O.C4H10O4.C4H6O/c7-1-2(8)4(10)6(12)5(11)3(1)9;5-1-3(7)4(8)2-6;1-3-5-4-2/h12H;3-8H,1-2H2;3-4H,1-2H2. The van der Waals surface area contributed by atoms with Gasteiger partial charge in [0.05, 0.1) is 40.8 Å². The zero-order valence-corrected chi connectivity index (χ0v) is 16.5. The zero-order chi connectivity index (χ0) is 20.2. The van der Waals surface area contributed by atoms with Crippen LogP contribution in [0.15, 0.2) is 25.7 Å². The molecule has 11 heteroatoms. The predicted octanol–water partition coefficient (Wildman–Crippen LogP) is 3.64. The fourth-order valence-corrected chi connectivity index (χ4v) is 2.03. The summed E-state index contributed by atoms with van der Waals surface area (Å²) in [4.78, 5) is 0. The van der Waals surface area contributed by atoms with Gasteiger partial charge in [-0.1, -0.05) is 71.2 Å². The average Bonchev–Trinajstić information content (AvgIpc) is 2.63. The van der Waals surface area contributed by atoms with Crippen molar-refractivity contribution >= 4 is 58.0 Å². The molecule has 0 aromatic heterocycles. The van der Waals surface area contributed by atoms with Crippen LogP contribution >= 0.6 is 58.0 Å². The Morgan fingerprint density at radius 1 is 0.760 bits per heavy atom. The van der Waals surface area contributed by atoms with E-state index in [1.54, 1.807) is 0 Å². The summed E-state index contributed by atoms with van der Waals surface area (Å²) in [5.41, 5.74) is 0. The summed E-state index contributed by atoms with van der Waals surface area (Å²) in [6.07, 6.45) is 0.181. The first-order valence-corrected chi connectivity index (χ1v) is 8.14. The van der Waals surface area contributed by atoms with E-state index >= 15 is 0 Å². The Bertz CT molecular complexity index is 436. The minimum absolute atomic E-state index is 0.00904. The zero-order valence-electron chi connectivity index (χ0n) is 12.7. The molecule has 0 radical (unpaired) electrons. The number of halogens is 5. The van der Waals surface area contributed by atoms with Gasteiger partial charge in [-0.25, -0.2) is 0 Å². The van der Waals surface area contributed by atoms with Crippen LogP contribution in [0.3, 0.4) is 0 Å². The van der Waals surface area contributed by atoms with Crippen LogP contribution in [-0.4, -0.2) is 51.0 Å². The summed E-state index contributed by atoms with van der Waals surface area (Å²) < 4.78 is 4.36. The van der Waals surface area contributed by atoms with Gasteiger partial charge in [0.1, 0.15) is 22.3 Å². The van der Waals surface area contributed by atoms with E-state index < -0.39 is 25.4 Å². The lowest BCUT2D eigenvalue weighted by Crippen LogP contribution is -2.31. The third kappa shape index (κ3) is 9.75. The fourth-order valence-electron chi connectivity index (χ4n) is 0.905. The van der Waals surface area contributed by atoms with Crippen molar-refractivity contribution in [3.63, 3.8) is 0 Å². The highest BCUT2D eigenvalue weighted by Gasteiger charge is 2.18. The molecule has 0 saturated heterocycles. The Hall–Kier alpha value is -0.410. The van der Waals surface area contributed by atoms with E-state index in [-0.39, 0.29) is 30.9 Å². The van der Waals surface area contributed by atoms with Crippen LogP contribution in [0.4, 0.5) is 0 Å².